The Morgan fingerprint density at radius 1 is 1.33 bits per heavy atom. The van der Waals surface area contributed by atoms with E-state index in [1.54, 1.807) is 12.1 Å². The molecule has 0 amide bonds. The molecule has 0 spiro atoms. The van der Waals surface area contributed by atoms with E-state index in [4.69, 9.17) is 4.74 Å². The Kier molecular flexibility index (Phi) is 5.07. The summed E-state index contributed by atoms with van der Waals surface area (Å²) < 4.78 is 20.0. The summed E-state index contributed by atoms with van der Waals surface area (Å²) in [6, 6.07) is 6.73. The van der Waals surface area contributed by atoms with Gasteiger partial charge in [0.15, 0.2) is 0 Å². The molecule has 0 saturated heterocycles. The van der Waals surface area contributed by atoms with E-state index in [-0.39, 0.29) is 5.82 Å². The molecule has 0 atom stereocenters. The lowest BCUT2D eigenvalue weighted by Crippen LogP contribution is -2.36. The first-order valence-electron chi connectivity index (χ1n) is 7.19. The Bertz CT molecular complexity index is 532. The maximum Gasteiger partial charge on any atom is 0.331 e. The number of carbonyl (C=O) groups is 1. The number of oxime groups is 1. The molecule has 0 aromatic heterocycles. The van der Waals surface area contributed by atoms with Crippen LogP contribution in [-0.2, 0) is 20.0 Å². The van der Waals surface area contributed by atoms with Crippen LogP contribution in [0.15, 0.2) is 29.4 Å². The Balaban J connectivity index is 2.18. The fourth-order valence-electron chi connectivity index (χ4n) is 2.76. The lowest BCUT2D eigenvalue weighted by Gasteiger charge is -2.37. The smallest absolute Gasteiger partial charge is 0.331 e. The monoisotopic (exact) mass is 293 g/mol. The van der Waals surface area contributed by atoms with E-state index in [0.717, 1.165) is 5.71 Å². The van der Waals surface area contributed by atoms with Crippen molar-refractivity contribution >= 4 is 11.7 Å². The maximum atomic E-state index is 14.1. The zero-order valence-electron chi connectivity index (χ0n) is 12.4. The van der Waals surface area contributed by atoms with Crippen LogP contribution in [0.4, 0.5) is 4.39 Å². The van der Waals surface area contributed by atoms with Crippen LogP contribution in [0.3, 0.4) is 0 Å². The fourth-order valence-corrected chi connectivity index (χ4v) is 2.76. The van der Waals surface area contributed by atoms with Crippen LogP contribution in [0.5, 0.6) is 0 Å². The van der Waals surface area contributed by atoms with Gasteiger partial charge < -0.3 is 9.57 Å². The van der Waals surface area contributed by atoms with Gasteiger partial charge in [0.25, 0.3) is 0 Å². The third-order valence-electron chi connectivity index (χ3n) is 3.72. The topological polar surface area (TPSA) is 47.9 Å². The molecular weight excluding hydrogens is 273 g/mol. The van der Waals surface area contributed by atoms with Crippen LogP contribution >= 0.6 is 0 Å². The summed E-state index contributed by atoms with van der Waals surface area (Å²) in [5.41, 5.74) is 0.797. The molecule has 0 heterocycles. The summed E-state index contributed by atoms with van der Waals surface area (Å²) in [4.78, 5) is 15.5. The Hall–Kier alpha value is -1.75. The standard InChI is InChI=1S/C16H20FNO3/c1-3-20-16(14-6-4-5-7-15(14)17)10-8-13(9-11-16)18-21-12(2)19/h4-7H,3,8-11H2,1-2H3. The van der Waals surface area contributed by atoms with Gasteiger partial charge in [0.05, 0.1) is 11.3 Å². The van der Waals surface area contributed by atoms with Crippen molar-refractivity contribution in [2.24, 2.45) is 5.16 Å². The van der Waals surface area contributed by atoms with Gasteiger partial charge in [-0.3, -0.25) is 0 Å². The highest BCUT2D eigenvalue weighted by Crippen LogP contribution is 2.40. The summed E-state index contributed by atoms with van der Waals surface area (Å²) in [5.74, 6) is -0.676. The number of carbonyl (C=O) groups excluding carboxylic acids is 1. The molecule has 0 radical (unpaired) electrons. The van der Waals surface area contributed by atoms with Crippen LogP contribution < -0.4 is 0 Å². The van der Waals surface area contributed by atoms with E-state index in [1.165, 1.54) is 13.0 Å². The van der Waals surface area contributed by atoms with Crippen LogP contribution in [0, 0.1) is 5.82 Å². The van der Waals surface area contributed by atoms with Crippen molar-refractivity contribution in [2.75, 3.05) is 6.61 Å². The SMILES string of the molecule is CCOC1(c2ccccc2F)CCC(=NOC(C)=O)CC1. The van der Waals surface area contributed by atoms with Crippen LogP contribution in [0.1, 0.15) is 45.1 Å². The molecule has 5 heteroatoms. The minimum Gasteiger partial charge on any atom is -0.370 e. The number of halogens is 1. The first-order chi connectivity index (χ1) is 10.1. The highest BCUT2D eigenvalue weighted by molar-refractivity contribution is 5.85. The second-order valence-corrected chi connectivity index (χ2v) is 5.15. The van der Waals surface area contributed by atoms with Crippen molar-refractivity contribution in [3.8, 4) is 0 Å². The molecule has 0 unspecified atom stereocenters. The second-order valence-electron chi connectivity index (χ2n) is 5.15. The highest BCUT2D eigenvalue weighted by atomic mass is 19.1. The third kappa shape index (κ3) is 3.67. The van der Waals surface area contributed by atoms with Gasteiger partial charge in [0, 0.05) is 19.1 Å². The maximum absolute atomic E-state index is 14.1. The van der Waals surface area contributed by atoms with Gasteiger partial charge in [0.1, 0.15) is 5.82 Å². The molecule has 0 N–H and O–H groups in total. The molecule has 1 aromatic rings. The van der Waals surface area contributed by atoms with Gasteiger partial charge in [-0.15, -0.1) is 0 Å². The van der Waals surface area contributed by atoms with E-state index in [1.807, 2.05) is 13.0 Å². The average Bonchev–Trinajstić information content (AvgIpc) is 2.47. The minimum absolute atomic E-state index is 0.244. The van der Waals surface area contributed by atoms with Gasteiger partial charge in [-0.25, -0.2) is 9.18 Å². The van der Waals surface area contributed by atoms with Crippen molar-refractivity contribution in [1.29, 1.82) is 0 Å². The van der Waals surface area contributed by atoms with Crippen molar-refractivity contribution in [2.45, 2.75) is 45.1 Å². The summed E-state index contributed by atoms with van der Waals surface area (Å²) in [7, 11) is 0. The van der Waals surface area contributed by atoms with Crippen molar-refractivity contribution in [1.82, 2.24) is 0 Å². The van der Waals surface area contributed by atoms with Gasteiger partial charge in [-0.05, 0) is 38.7 Å². The molecule has 1 aliphatic carbocycles. The first kappa shape index (κ1) is 15.6. The number of ether oxygens (including phenoxy) is 1. The largest absolute Gasteiger partial charge is 0.370 e. The Morgan fingerprint density at radius 2 is 2.00 bits per heavy atom. The van der Waals surface area contributed by atoms with Crippen molar-refractivity contribution in [3.05, 3.63) is 35.6 Å². The molecule has 4 nitrogen and oxygen atoms in total. The lowest BCUT2D eigenvalue weighted by molar-refractivity contribution is -0.141. The van der Waals surface area contributed by atoms with Crippen molar-refractivity contribution in [3.63, 3.8) is 0 Å². The van der Waals surface area contributed by atoms with E-state index in [2.05, 4.69) is 9.99 Å². The highest BCUT2D eigenvalue weighted by Gasteiger charge is 2.38. The predicted octanol–water partition coefficient (Wildman–Crippen LogP) is 3.55. The quantitative estimate of drug-likeness (QED) is 0.630. The molecule has 21 heavy (non-hydrogen) atoms. The van der Waals surface area contributed by atoms with Gasteiger partial charge >= 0.3 is 5.97 Å². The number of hydrogen-bond acceptors (Lipinski definition) is 4. The molecular formula is C16H20FNO3. The summed E-state index contributed by atoms with van der Waals surface area (Å²) in [5, 5.41) is 3.84. The predicted molar refractivity (Wildman–Crippen MR) is 77.4 cm³/mol. The van der Waals surface area contributed by atoms with Gasteiger partial charge in [-0.2, -0.15) is 0 Å². The zero-order chi connectivity index (χ0) is 15.3. The second kappa shape index (κ2) is 6.80. The molecule has 0 bridgehead atoms. The first-order valence-corrected chi connectivity index (χ1v) is 7.19. The fraction of sp³-hybridized carbons (Fsp3) is 0.500. The minimum atomic E-state index is -0.616. The van der Waals surface area contributed by atoms with Gasteiger partial charge in [-0.1, -0.05) is 23.4 Å². The average molecular weight is 293 g/mol. The molecule has 1 aromatic carbocycles. The number of hydrogen-bond donors (Lipinski definition) is 0. The Morgan fingerprint density at radius 3 is 2.57 bits per heavy atom. The zero-order valence-corrected chi connectivity index (χ0v) is 12.4. The Labute approximate surface area is 123 Å². The summed E-state index contributed by atoms with van der Waals surface area (Å²) in [6.45, 7) is 3.74. The summed E-state index contributed by atoms with van der Waals surface area (Å²) >= 11 is 0. The van der Waals surface area contributed by atoms with Crippen molar-refractivity contribution < 1.29 is 18.8 Å². The van der Waals surface area contributed by atoms with E-state index in [0.29, 0.717) is 37.9 Å². The van der Waals surface area contributed by atoms with Gasteiger partial charge in [0.2, 0.25) is 0 Å². The number of rotatable bonds is 4. The normalized spacial score (nSPS) is 22.0. The third-order valence-corrected chi connectivity index (χ3v) is 3.72. The number of benzene rings is 1. The molecule has 114 valence electrons. The molecule has 1 saturated carbocycles. The van der Waals surface area contributed by atoms with Crippen LogP contribution in [-0.4, -0.2) is 18.3 Å². The molecule has 1 aliphatic rings. The van der Waals surface area contributed by atoms with Crippen LogP contribution in [0.25, 0.3) is 0 Å². The molecule has 2 rings (SSSR count). The summed E-state index contributed by atoms with van der Waals surface area (Å²) in [6.07, 6.45) is 2.51. The van der Waals surface area contributed by atoms with Crippen LogP contribution in [0.2, 0.25) is 0 Å². The van der Waals surface area contributed by atoms with E-state index in [9.17, 15) is 9.18 Å². The molecule has 0 aliphatic heterocycles. The lowest BCUT2D eigenvalue weighted by atomic mass is 9.78. The number of nitrogens with zero attached hydrogens (tertiary/aromatic N) is 1. The van der Waals surface area contributed by atoms with E-state index >= 15 is 0 Å². The van der Waals surface area contributed by atoms with E-state index < -0.39 is 11.6 Å². The molecule has 1 fully saturated rings.